The summed E-state index contributed by atoms with van der Waals surface area (Å²) in [6.45, 7) is -0.0659. The number of rotatable bonds is 5. The highest BCUT2D eigenvalue weighted by atomic mass is 19.1. The molecule has 1 N–H and O–H groups in total. The van der Waals surface area contributed by atoms with Gasteiger partial charge in [0.1, 0.15) is 12.4 Å². The van der Waals surface area contributed by atoms with Crippen molar-refractivity contribution in [2.24, 2.45) is 14.1 Å². The normalized spacial score (nSPS) is 11.0. The van der Waals surface area contributed by atoms with Crippen molar-refractivity contribution < 1.29 is 9.18 Å². The van der Waals surface area contributed by atoms with E-state index in [4.69, 9.17) is 0 Å². The predicted octanol–water partition coefficient (Wildman–Crippen LogP) is -0.0683. The summed E-state index contributed by atoms with van der Waals surface area (Å²) in [4.78, 5) is 41.0. The maximum atomic E-state index is 12.9. The van der Waals surface area contributed by atoms with Crippen LogP contribution in [0.15, 0.2) is 40.2 Å². The van der Waals surface area contributed by atoms with Crippen LogP contribution in [0.3, 0.4) is 0 Å². The van der Waals surface area contributed by atoms with Crippen molar-refractivity contribution in [3.63, 3.8) is 0 Å². The first-order chi connectivity index (χ1) is 12.4. The topological polar surface area (TPSA) is 90.9 Å². The molecule has 1 amide bonds. The van der Waals surface area contributed by atoms with Gasteiger partial charge in [-0.15, -0.1) is 0 Å². The third kappa shape index (κ3) is 3.28. The van der Waals surface area contributed by atoms with E-state index in [1.807, 2.05) is 0 Å². The Labute approximate surface area is 147 Å². The largest absolute Gasteiger partial charge is 0.354 e. The van der Waals surface area contributed by atoms with Crippen molar-refractivity contribution in [3.05, 3.63) is 62.8 Å². The molecule has 0 aliphatic rings. The second kappa shape index (κ2) is 6.95. The smallest absolute Gasteiger partial charge is 0.332 e. The SMILES string of the molecule is Cn1cnc2c1c(=O)n(CC(=O)NCCc1ccc(F)cc1)c(=O)n2C. The Kier molecular flexibility index (Phi) is 4.70. The van der Waals surface area contributed by atoms with E-state index in [2.05, 4.69) is 10.3 Å². The van der Waals surface area contributed by atoms with Gasteiger partial charge in [-0.1, -0.05) is 12.1 Å². The number of nitrogens with one attached hydrogen (secondary N) is 1. The minimum atomic E-state index is -0.602. The maximum Gasteiger partial charge on any atom is 0.332 e. The van der Waals surface area contributed by atoms with E-state index in [0.717, 1.165) is 10.1 Å². The van der Waals surface area contributed by atoms with E-state index < -0.39 is 17.2 Å². The molecule has 3 aromatic rings. The fourth-order valence-electron chi connectivity index (χ4n) is 2.73. The van der Waals surface area contributed by atoms with Crippen LogP contribution in [0, 0.1) is 5.82 Å². The first-order valence-corrected chi connectivity index (χ1v) is 8.00. The van der Waals surface area contributed by atoms with E-state index in [-0.39, 0.29) is 23.5 Å². The summed E-state index contributed by atoms with van der Waals surface area (Å²) < 4.78 is 16.5. The molecule has 0 spiro atoms. The number of hydrogen-bond acceptors (Lipinski definition) is 4. The van der Waals surface area contributed by atoms with E-state index in [9.17, 15) is 18.8 Å². The average molecular weight is 359 g/mol. The summed E-state index contributed by atoms with van der Waals surface area (Å²) in [6, 6.07) is 5.98. The molecule has 2 aromatic heterocycles. The molecular weight excluding hydrogens is 341 g/mol. The number of aryl methyl sites for hydroxylation is 2. The number of imidazole rings is 1. The fourth-order valence-corrected chi connectivity index (χ4v) is 2.73. The highest BCUT2D eigenvalue weighted by Crippen LogP contribution is 2.03. The highest BCUT2D eigenvalue weighted by Gasteiger charge is 2.16. The summed E-state index contributed by atoms with van der Waals surface area (Å²) >= 11 is 0. The molecule has 1 aromatic carbocycles. The Hall–Kier alpha value is -3.23. The fraction of sp³-hybridized carbons (Fsp3) is 0.294. The number of amides is 1. The van der Waals surface area contributed by atoms with Crippen LogP contribution < -0.4 is 16.6 Å². The van der Waals surface area contributed by atoms with Gasteiger partial charge >= 0.3 is 5.69 Å². The Bertz CT molecular complexity index is 1080. The van der Waals surface area contributed by atoms with Gasteiger partial charge in [-0.25, -0.2) is 18.7 Å². The van der Waals surface area contributed by atoms with Crippen LogP contribution in [0.2, 0.25) is 0 Å². The Morgan fingerprint density at radius 1 is 1.19 bits per heavy atom. The first kappa shape index (κ1) is 17.6. The minimum absolute atomic E-state index is 0.256. The summed E-state index contributed by atoms with van der Waals surface area (Å²) in [5.74, 6) is -0.772. The van der Waals surface area contributed by atoms with Gasteiger partial charge in [0.2, 0.25) is 5.91 Å². The molecule has 2 heterocycles. The van der Waals surface area contributed by atoms with Gasteiger partial charge < -0.3 is 9.88 Å². The summed E-state index contributed by atoms with van der Waals surface area (Å²) in [5, 5.41) is 2.66. The van der Waals surface area contributed by atoms with Gasteiger partial charge in [0.15, 0.2) is 11.2 Å². The quantitative estimate of drug-likeness (QED) is 0.691. The van der Waals surface area contributed by atoms with Crippen LogP contribution in [-0.4, -0.2) is 31.1 Å². The van der Waals surface area contributed by atoms with E-state index in [1.165, 1.54) is 34.6 Å². The van der Waals surface area contributed by atoms with Crippen molar-refractivity contribution >= 4 is 17.1 Å². The molecule has 9 heteroatoms. The third-order valence-electron chi connectivity index (χ3n) is 4.15. The second-order valence-corrected chi connectivity index (χ2v) is 5.99. The van der Waals surface area contributed by atoms with E-state index in [0.29, 0.717) is 13.0 Å². The average Bonchev–Trinajstić information content (AvgIpc) is 3.00. The zero-order chi connectivity index (χ0) is 18.8. The molecule has 0 saturated carbocycles. The molecule has 0 fully saturated rings. The van der Waals surface area contributed by atoms with Crippen molar-refractivity contribution in [2.45, 2.75) is 13.0 Å². The molecule has 0 atom stereocenters. The zero-order valence-electron chi connectivity index (χ0n) is 14.4. The number of nitrogens with zero attached hydrogens (tertiary/aromatic N) is 4. The lowest BCUT2D eigenvalue weighted by atomic mass is 10.1. The van der Waals surface area contributed by atoms with E-state index in [1.54, 1.807) is 19.2 Å². The summed E-state index contributed by atoms with van der Waals surface area (Å²) in [6.07, 6.45) is 1.96. The highest BCUT2D eigenvalue weighted by molar-refractivity contribution is 5.76. The maximum absolute atomic E-state index is 12.9. The van der Waals surface area contributed by atoms with Crippen LogP contribution in [0.5, 0.6) is 0 Å². The van der Waals surface area contributed by atoms with Crippen LogP contribution in [0.1, 0.15) is 5.56 Å². The summed E-state index contributed by atoms with van der Waals surface area (Å²) in [7, 11) is 3.15. The lowest BCUT2D eigenvalue weighted by Gasteiger charge is -2.09. The molecule has 0 bridgehead atoms. The molecule has 0 unspecified atom stereocenters. The number of carbonyl (C=O) groups is 1. The number of carbonyl (C=O) groups excluding carboxylic acids is 1. The molecule has 136 valence electrons. The monoisotopic (exact) mass is 359 g/mol. The molecule has 0 aliphatic carbocycles. The molecule has 3 rings (SSSR count). The van der Waals surface area contributed by atoms with Gasteiger partial charge in [-0.05, 0) is 24.1 Å². The minimum Gasteiger partial charge on any atom is -0.354 e. The van der Waals surface area contributed by atoms with Crippen LogP contribution in [0.4, 0.5) is 4.39 Å². The van der Waals surface area contributed by atoms with Crippen molar-refractivity contribution in [1.29, 1.82) is 0 Å². The zero-order valence-corrected chi connectivity index (χ0v) is 14.4. The Morgan fingerprint density at radius 3 is 2.58 bits per heavy atom. The van der Waals surface area contributed by atoms with Crippen molar-refractivity contribution in [3.8, 4) is 0 Å². The first-order valence-electron chi connectivity index (χ1n) is 8.00. The molecule has 0 saturated heterocycles. The second-order valence-electron chi connectivity index (χ2n) is 5.99. The van der Waals surface area contributed by atoms with Gasteiger partial charge in [0.05, 0.1) is 6.33 Å². The predicted molar refractivity (Wildman–Crippen MR) is 93.3 cm³/mol. The van der Waals surface area contributed by atoms with Crippen molar-refractivity contribution in [1.82, 2.24) is 24.0 Å². The number of fused-ring (bicyclic) bond motifs is 1. The lowest BCUT2D eigenvalue weighted by molar-refractivity contribution is -0.121. The third-order valence-corrected chi connectivity index (χ3v) is 4.15. The number of halogens is 1. The molecule has 0 radical (unpaired) electrons. The van der Waals surface area contributed by atoms with E-state index >= 15 is 0 Å². The Balaban J connectivity index is 1.73. The van der Waals surface area contributed by atoms with Crippen LogP contribution in [-0.2, 0) is 31.9 Å². The number of hydrogen-bond donors (Lipinski definition) is 1. The van der Waals surface area contributed by atoms with Crippen molar-refractivity contribution in [2.75, 3.05) is 6.54 Å². The lowest BCUT2D eigenvalue weighted by Crippen LogP contribution is -2.43. The number of benzene rings is 1. The van der Waals surface area contributed by atoms with Gasteiger partial charge in [0.25, 0.3) is 5.56 Å². The molecular formula is C17H18FN5O3. The van der Waals surface area contributed by atoms with Crippen LogP contribution in [0.25, 0.3) is 11.2 Å². The standard InChI is InChI=1S/C17H18FN5O3/c1-21-10-20-15-14(21)16(25)23(17(26)22(15)2)9-13(24)19-8-7-11-3-5-12(18)6-4-11/h3-6,10H,7-9H2,1-2H3,(H,19,24). The molecule has 0 aliphatic heterocycles. The Morgan fingerprint density at radius 2 is 1.88 bits per heavy atom. The van der Waals surface area contributed by atoms with Gasteiger partial charge in [-0.2, -0.15) is 0 Å². The van der Waals surface area contributed by atoms with Gasteiger partial charge in [0, 0.05) is 20.6 Å². The summed E-state index contributed by atoms with van der Waals surface area (Å²) in [5.41, 5.74) is 0.240. The number of aromatic nitrogens is 4. The van der Waals surface area contributed by atoms with Gasteiger partial charge in [-0.3, -0.25) is 14.2 Å². The van der Waals surface area contributed by atoms with Crippen LogP contribution >= 0.6 is 0 Å². The molecule has 26 heavy (non-hydrogen) atoms. The molecule has 8 nitrogen and oxygen atoms in total.